The molecule has 2 aliphatic rings. The molecular weight excluding hydrogens is 620 g/mol. The second-order valence-electron chi connectivity index (χ2n) is 12.4. The molecule has 0 amide bonds. The van der Waals surface area contributed by atoms with Gasteiger partial charge in [0.2, 0.25) is 5.43 Å². The number of hydrogen-bond acceptors (Lipinski definition) is 6. The molecule has 10 rings (SSSR count). The summed E-state index contributed by atoms with van der Waals surface area (Å²) in [5, 5.41) is 10.6. The molecule has 0 fully saturated rings. The fraction of sp³-hybridized carbons (Fsp3) is 0. The molecule has 50 heavy (non-hydrogen) atoms. The van der Waals surface area contributed by atoms with E-state index in [0.717, 1.165) is 73.4 Å². The highest BCUT2D eigenvalue weighted by molar-refractivity contribution is 5.96. The van der Waals surface area contributed by atoms with E-state index in [2.05, 4.69) is 41.3 Å². The third-order valence-electron chi connectivity index (χ3n) is 9.49. The van der Waals surface area contributed by atoms with Gasteiger partial charge in [-0.2, -0.15) is 5.26 Å². The van der Waals surface area contributed by atoms with E-state index in [0.29, 0.717) is 27.5 Å². The number of fused-ring (bicyclic) bond motifs is 6. The minimum absolute atomic E-state index is 0.115. The summed E-state index contributed by atoms with van der Waals surface area (Å²) in [6.07, 6.45) is 0. The topological polar surface area (TPSA) is 75.7 Å². The molecule has 1 aromatic heterocycles. The van der Waals surface area contributed by atoms with Crippen molar-refractivity contribution in [2.75, 3.05) is 4.90 Å². The molecule has 0 saturated carbocycles. The summed E-state index contributed by atoms with van der Waals surface area (Å²) in [6, 6.07) is 49.3. The third kappa shape index (κ3) is 4.24. The SMILES string of the molecule is N#Cc1ccccc1-c1ccc2oc3ccc(-c4cccc(-c5ccc6c(c5)N5c7ccccc7Oc7cccc(c75)O6)c4)cc3c(=O)c2c1. The minimum atomic E-state index is -0.115. The quantitative estimate of drug-likeness (QED) is 0.178. The van der Waals surface area contributed by atoms with Gasteiger partial charge in [0, 0.05) is 0 Å². The lowest BCUT2D eigenvalue weighted by Crippen LogP contribution is -2.20. The van der Waals surface area contributed by atoms with Crippen molar-refractivity contribution in [1.29, 1.82) is 5.26 Å². The van der Waals surface area contributed by atoms with E-state index >= 15 is 0 Å². The predicted molar refractivity (Wildman–Crippen MR) is 196 cm³/mol. The first-order valence-electron chi connectivity index (χ1n) is 16.3. The summed E-state index contributed by atoms with van der Waals surface area (Å²) >= 11 is 0. The van der Waals surface area contributed by atoms with Crippen LogP contribution in [0.25, 0.3) is 55.3 Å². The zero-order valence-corrected chi connectivity index (χ0v) is 26.4. The number of rotatable bonds is 3. The fourth-order valence-corrected chi connectivity index (χ4v) is 7.10. The summed E-state index contributed by atoms with van der Waals surface area (Å²) in [4.78, 5) is 16.2. The summed E-state index contributed by atoms with van der Waals surface area (Å²) in [5.74, 6) is 3.04. The Morgan fingerprint density at radius 3 is 1.86 bits per heavy atom. The minimum Gasteiger partial charge on any atom is -0.456 e. The maximum absolute atomic E-state index is 13.9. The zero-order valence-electron chi connectivity index (χ0n) is 26.4. The molecule has 0 spiro atoms. The van der Waals surface area contributed by atoms with Gasteiger partial charge in [-0.3, -0.25) is 9.69 Å². The molecule has 0 bridgehead atoms. The molecule has 0 atom stereocenters. The summed E-state index contributed by atoms with van der Waals surface area (Å²) < 4.78 is 18.8. The Morgan fingerprint density at radius 1 is 0.500 bits per heavy atom. The van der Waals surface area contributed by atoms with Gasteiger partial charge in [-0.05, 0) is 106 Å². The highest BCUT2D eigenvalue weighted by atomic mass is 16.5. The average molecular weight is 645 g/mol. The van der Waals surface area contributed by atoms with E-state index in [1.807, 2.05) is 103 Å². The van der Waals surface area contributed by atoms with Gasteiger partial charge in [0.1, 0.15) is 16.9 Å². The van der Waals surface area contributed by atoms with E-state index in [-0.39, 0.29) is 5.43 Å². The Balaban J connectivity index is 1.06. The normalized spacial score (nSPS) is 12.3. The molecule has 0 radical (unpaired) electrons. The Morgan fingerprint density at radius 2 is 1.08 bits per heavy atom. The summed E-state index contributed by atoms with van der Waals surface area (Å²) in [6.45, 7) is 0. The van der Waals surface area contributed by atoms with Crippen molar-refractivity contribution in [1.82, 2.24) is 0 Å². The van der Waals surface area contributed by atoms with Crippen LogP contribution >= 0.6 is 0 Å². The largest absolute Gasteiger partial charge is 0.456 e. The molecule has 0 unspecified atom stereocenters. The van der Waals surface area contributed by atoms with Crippen LogP contribution in [0.15, 0.2) is 155 Å². The van der Waals surface area contributed by atoms with Crippen molar-refractivity contribution >= 4 is 39.0 Å². The van der Waals surface area contributed by atoms with Gasteiger partial charge >= 0.3 is 0 Å². The molecule has 3 heterocycles. The Hall–Kier alpha value is -7.10. The van der Waals surface area contributed by atoms with E-state index in [4.69, 9.17) is 13.9 Å². The Bertz CT molecular complexity index is 2810. The van der Waals surface area contributed by atoms with Crippen LogP contribution in [0, 0.1) is 11.3 Å². The van der Waals surface area contributed by atoms with Gasteiger partial charge in [0.05, 0.1) is 33.8 Å². The third-order valence-corrected chi connectivity index (χ3v) is 9.49. The zero-order chi connectivity index (χ0) is 33.3. The van der Waals surface area contributed by atoms with Gasteiger partial charge in [-0.1, -0.05) is 72.8 Å². The van der Waals surface area contributed by atoms with E-state index in [1.54, 1.807) is 12.1 Å². The maximum atomic E-state index is 13.9. The second-order valence-corrected chi connectivity index (χ2v) is 12.4. The Kier molecular flexibility index (Phi) is 5.99. The highest BCUT2D eigenvalue weighted by Crippen LogP contribution is 2.59. The van der Waals surface area contributed by atoms with Crippen LogP contribution in [0.3, 0.4) is 0 Å². The fourth-order valence-electron chi connectivity index (χ4n) is 7.10. The van der Waals surface area contributed by atoms with Crippen LogP contribution in [0.5, 0.6) is 23.0 Å². The van der Waals surface area contributed by atoms with Gasteiger partial charge in [-0.25, -0.2) is 0 Å². The first kappa shape index (κ1) is 28.0. The molecular formula is C44H24N2O4. The van der Waals surface area contributed by atoms with Crippen molar-refractivity contribution in [2.24, 2.45) is 0 Å². The molecule has 2 aliphatic heterocycles. The summed E-state index contributed by atoms with van der Waals surface area (Å²) in [7, 11) is 0. The van der Waals surface area contributed by atoms with Crippen molar-refractivity contribution < 1.29 is 13.9 Å². The monoisotopic (exact) mass is 644 g/mol. The highest BCUT2D eigenvalue weighted by Gasteiger charge is 2.34. The number of anilines is 3. The number of hydrogen-bond donors (Lipinski definition) is 0. The molecule has 234 valence electrons. The van der Waals surface area contributed by atoms with Gasteiger partial charge < -0.3 is 13.9 Å². The number of para-hydroxylation sites is 3. The van der Waals surface area contributed by atoms with Crippen molar-refractivity contribution in [3.63, 3.8) is 0 Å². The number of nitriles is 1. The first-order chi connectivity index (χ1) is 24.6. The lowest BCUT2D eigenvalue weighted by molar-refractivity contribution is 0.446. The molecule has 7 aromatic carbocycles. The maximum Gasteiger partial charge on any atom is 0.200 e. The van der Waals surface area contributed by atoms with E-state index in [9.17, 15) is 10.1 Å². The Labute approximate surface area is 286 Å². The van der Waals surface area contributed by atoms with E-state index < -0.39 is 0 Å². The number of nitrogens with zero attached hydrogens (tertiary/aromatic N) is 2. The van der Waals surface area contributed by atoms with Crippen LogP contribution in [0.1, 0.15) is 5.56 Å². The van der Waals surface area contributed by atoms with Crippen LogP contribution in [0.4, 0.5) is 17.1 Å². The second kappa shape index (κ2) is 10.7. The summed E-state index contributed by atoms with van der Waals surface area (Å²) in [5.41, 5.74) is 9.71. The number of ether oxygens (including phenoxy) is 2. The smallest absolute Gasteiger partial charge is 0.200 e. The van der Waals surface area contributed by atoms with E-state index in [1.165, 1.54) is 0 Å². The van der Waals surface area contributed by atoms with Gasteiger partial charge in [0.15, 0.2) is 23.0 Å². The van der Waals surface area contributed by atoms with Crippen LogP contribution in [-0.4, -0.2) is 0 Å². The molecule has 8 aromatic rings. The molecule has 6 heteroatoms. The molecule has 0 saturated heterocycles. The van der Waals surface area contributed by atoms with Crippen molar-refractivity contribution in [3.05, 3.63) is 161 Å². The van der Waals surface area contributed by atoms with Crippen LogP contribution in [0.2, 0.25) is 0 Å². The first-order valence-corrected chi connectivity index (χ1v) is 16.3. The molecule has 0 N–H and O–H groups in total. The van der Waals surface area contributed by atoms with Crippen molar-refractivity contribution in [3.8, 4) is 62.4 Å². The van der Waals surface area contributed by atoms with Crippen molar-refractivity contribution in [2.45, 2.75) is 0 Å². The van der Waals surface area contributed by atoms with Gasteiger partial charge in [0.25, 0.3) is 0 Å². The average Bonchev–Trinajstić information content (AvgIpc) is 3.17. The molecule has 6 nitrogen and oxygen atoms in total. The standard InChI is InChI=1S/C44H24N2O4/c45-25-31-7-1-2-10-32(31)30-17-19-38-34(23-30)44(47)33-22-28(15-18-37(33)48-38)26-8-5-9-27(21-26)29-16-20-40-36(24-29)46-35-11-3-4-12-39(35)49-41-13-6-14-42(50-40)43(41)46/h1-24H. The van der Waals surface area contributed by atoms with Crippen LogP contribution in [-0.2, 0) is 0 Å². The lowest BCUT2D eigenvalue weighted by atomic mass is 9.96. The number of benzene rings is 7. The van der Waals surface area contributed by atoms with Crippen LogP contribution < -0.4 is 19.8 Å². The lowest BCUT2D eigenvalue weighted by Gasteiger charge is -2.37. The molecule has 0 aliphatic carbocycles. The van der Waals surface area contributed by atoms with Gasteiger partial charge in [-0.15, -0.1) is 0 Å². The predicted octanol–water partition coefficient (Wildman–Crippen LogP) is 11.5.